The molecule has 0 spiro atoms. The molecule has 2 rings (SSSR count). The fourth-order valence-electron chi connectivity index (χ4n) is 1.91. The molecule has 0 amide bonds. The first kappa shape index (κ1) is 19.3. The van der Waals surface area contributed by atoms with E-state index in [2.05, 4.69) is 20.9 Å². The summed E-state index contributed by atoms with van der Waals surface area (Å²) < 4.78 is 10.8. The summed E-state index contributed by atoms with van der Waals surface area (Å²) in [6.07, 6.45) is 4.62. The molecule has 0 aliphatic heterocycles. The predicted octanol–water partition coefficient (Wildman–Crippen LogP) is 4.72. The molecule has 0 fully saturated rings. The van der Waals surface area contributed by atoms with Crippen molar-refractivity contribution in [3.63, 3.8) is 0 Å². The van der Waals surface area contributed by atoms with Crippen LogP contribution >= 0.6 is 27.3 Å². The van der Waals surface area contributed by atoms with E-state index in [4.69, 9.17) is 9.47 Å². The predicted molar refractivity (Wildman–Crippen MR) is 101 cm³/mol. The molecule has 0 aliphatic carbocycles. The number of unbranched alkanes of at least 4 members (excludes halogenated alkanes) is 1. The zero-order chi connectivity index (χ0) is 18.2. The molecule has 0 unspecified atom stereocenters. The summed E-state index contributed by atoms with van der Waals surface area (Å²) in [5, 5.41) is 0.673. The van der Waals surface area contributed by atoms with Crippen molar-refractivity contribution >= 4 is 45.3 Å². The minimum atomic E-state index is -0.543. The highest BCUT2D eigenvalue weighted by Crippen LogP contribution is 2.30. The van der Waals surface area contributed by atoms with Crippen molar-refractivity contribution in [1.29, 1.82) is 0 Å². The van der Waals surface area contributed by atoms with E-state index >= 15 is 0 Å². The Bertz CT molecular complexity index is 768. The molecule has 0 N–H and O–H groups in total. The van der Waals surface area contributed by atoms with Gasteiger partial charge in [-0.3, -0.25) is 0 Å². The van der Waals surface area contributed by atoms with Gasteiger partial charge in [-0.15, -0.1) is 11.3 Å². The van der Waals surface area contributed by atoms with Gasteiger partial charge in [0.2, 0.25) is 0 Å². The first-order valence-corrected chi connectivity index (χ1v) is 9.36. The van der Waals surface area contributed by atoms with E-state index in [1.807, 2.05) is 31.2 Å². The minimum Gasteiger partial charge on any atom is -0.464 e. The Kier molecular flexibility index (Phi) is 7.33. The molecule has 132 valence electrons. The van der Waals surface area contributed by atoms with Crippen LogP contribution in [0.25, 0.3) is 16.6 Å². The van der Waals surface area contributed by atoms with Crippen molar-refractivity contribution in [1.82, 2.24) is 4.98 Å². The van der Waals surface area contributed by atoms with Gasteiger partial charge in [-0.1, -0.05) is 41.4 Å². The number of esters is 2. The van der Waals surface area contributed by atoms with Crippen LogP contribution in [0.3, 0.4) is 0 Å². The number of rotatable bonds is 7. The van der Waals surface area contributed by atoms with Gasteiger partial charge in [0.25, 0.3) is 0 Å². The number of carbonyl (C=O) groups excluding carboxylic acids is 2. The van der Waals surface area contributed by atoms with Crippen LogP contribution in [0.2, 0.25) is 0 Å². The number of nitrogens with zero attached hydrogens (tertiary/aromatic N) is 1. The Hall–Kier alpha value is -1.99. The van der Waals surface area contributed by atoms with Crippen molar-refractivity contribution in [2.45, 2.75) is 19.8 Å². The summed E-state index contributed by atoms with van der Waals surface area (Å²) in [4.78, 5) is 28.6. The lowest BCUT2D eigenvalue weighted by molar-refractivity contribution is -0.137. The first-order valence-electron chi connectivity index (χ1n) is 7.75. The van der Waals surface area contributed by atoms with Gasteiger partial charge in [-0.2, -0.15) is 0 Å². The summed E-state index contributed by atoms with van der Waals surface area (Å²) in [5.41, 5.74) is 1.06. The molecule has 7 heteroatoms. The zero-order valence-electron chi connectivity index (χ0n) is 14.0. The van der Waals surface area contributed by atoms with E-state index in [1.54, 1.807) is 6.08 Å². The average Bonchev–Trinajstić information content (AvgIpc) is 3.04. The number of carbonyl (C=O) groups is 2. The zero-order valence-corrected chi connectivity index (χ0v) is 16.4. The SMILES string of the molecule is CCCCOC(=O)/C=C/c1sc(-c2ccc(Br)cc2)nc1C(=O)OC. The summed E-state index contributed by atoms with van der Waals surface area (Å²) in [6.45, 7) is 2.41. The van der Waals surface area contributed by atoms with Gasteiger partial charge in [0.15, 0.2) is 5.69 Å². The van der Waals surface area contributed by atoms with Crippen LogP contribution in [0.15, 0.2) is 34.8 Å². The normalized spacial score (nSPS) is 10.8. The van der Waals surface area contributed by atoms with Crippen molar-refractivity contribution < 1.29 is 19.1 Å². The largest absolute Gasteiger partial charge is 0.464 e. The molecule has 2 aromatic rings. The molecule has 0 bridgehead atoms. The van der Waals surface area contributed by atoms with Crippen LogP contribution in [-0.2, 0) is 14.3 Å². The molecule has 1 aromatic heterocycles. The third kappa shape index (κ3) is 5.51. The van der Waals surface area contributed by atoms with Crippen LogP contribution in [0.4, 0.5) is 0 Å². The van der Waals surface area contributed by atoms with Gasteiger partial charge in [0, 0.05) is 16.1 Å². The number of hydrogen-bond donors (Lipinski definition) is 0. The Morgan fingerprint density at radius 3 is 2.64 bits per heavy atom. The van der Waals surface area contributed by atoms with E-state index in [9.17, 15) is 9.59 Å². The monoisotopic (exact) mass is 423 g/mol. The molecule has 0 radical (unpaired) electrons. The van der Waals surface area contributed by atoms with Crippen molar-refractivity contribution in [2.24, 2.45) is 0 Å². The Morgan fingerprint density at radius 2 is 2.00 bits per heavy atom. The molecule has 0 saturated carbocycles. The van der Waals surface area contributed by atoms with Crippen LogP contribution in [-0.4, -0.2) is 30.6 Å². The summed E-state index contributed by atoms with van der Waals surface area (Å²) in [7, 11) is 1.30. The van der Waals surface area contributed by atoms with Crippen LogP contribution in [0.5, 0.6) is 0 Å². The van der Waals surface area contributed by atoms with E-state index in [1.165, 1.54) is 24.5 Å². The summed E-state index contributed by atoms with van der Waals surface area (Å²) in [5.74, 6) is -0.985. The maximum Gasteiger partial charge on any atom is 0.358 e. The Labute approximate surface area is 158 Å². The number of halogens is 1. The summed E-state index contributed by atoms with van der Waals surface area (Å²) >= 11 is 4.70. The molecule has 0 atom stereocenters. The number of hydrogen-bond acceptors (Lipinski definition) is 6. The van der Waals surface area contributed by atoms with Gasteiger partial charge in [-0.25, -0.2) is 14.6 Å². The van der Waals surface area contributed by atoms with Crippen molar-refractivity contribution in [3.05, 3.63) is 45.4 Å². The van der Waals surface area contributed by atoms with Gasteiger partial charge in [0.1, 0.15) is 5.01 Å². The second-order valence-electron chi connectivity index (χ2n) is 5.08. The van der Waals surface area contributed by atoms with Crippen LogP contribution in [0.1, 0.15) is 35.1 Å². The van der Waals surface area contributed by atoms with Crippen molar-refractivity contribution in [2.75, 3.05) is 13.7 Å². The van der Waals surface area contributed by atoms with Gasteiger partial charge < -0.3 is 9.47 Å². The molecular weight excluding hydrogens is 406 g/mol. The lowest BCUT2D eigenvalue weighted by Gasteiger charge is -1.99. The number of thiazole rings is 1. The van der Waals surface area contributed by atoms with Crippen LogP contribution < -0.4 is 0 Å². The molecule has 1 aromatic carbocycles. The molecule has 25 heavy (non-hydrogen) atoms. The fourth-order valence-corrected chi connectivity index (χ4v) is 3.14. The second kappa shape index (κ2) is 9.48. The molecule has 0 aliphatic rings. The number of aromatic nitrogens is 1. The number of ether oxygens (including phenoxy) is 2. The summed E-state index contributed by atoms with van der Waals surface area (Å²) in [6, 6.07) is 7.59. The smallest absolute Gasteiger partial charge is 0.358 e. The van der Waals surface area contributed by atoms with E-state index in [-0.39, 0.29) is 5.69 Å². The van der Waals surface area contributed by atoms with E-state index < -0.39 is 11.9 Å². The fraction of sp³-hybridized carbons (Fsp3) is 0.278. The quantitative estimate of drug-likeness (QED) is 0.366. The highest BCUT2D eigenvalue weighted by atomic mass is 79.9. The lowest BCUT2D eigenvalue weighted by atomic mass is 10.2. The van der Waals surface area contributed by atoms with Gasteiger partial charge >= 0.3 is 11.9 Å². The number of methoxy groups -OCH3 is 1. The first-order chi connectivity index (χ1) is 12.0. The van der Waals surface area contributed by atoms with E-state index in [0.717, 1.165) is 22.9 Å². The molecule has 0 saturated heterocycles. The second-order valence-corrected chi connectivity index (χ2v) is 7.03. The third-order valence-electron chi connectivity index (χ3n) is 3.24. The maximum atomic E-state index is 12.0. The highest BCUT2D eigenvalue weighted by Gasteiger charge is 2.18. The van der Waals surface area contributed by atoms with Gasteiger partial charge in [-0.05, 0) is 24.6 Å². The Balaban J connectivity index is 2.25. The van der Waals surface area contributed by atoms with Crippen molar-refractivity contribution in [3.8, 4) is 10.6 Å². The standard InChI is InChI=1S/C18H18BrNO4S/c1-3-4-11-24-15(21)10-9-14-16(18(22)23-2)20-17(25-14)12-5-7-13(19)8-6-12/h5-10H,3-4,11H2,1-2H3/b10-9+. The number of benzene rings is 1. The lowest BCUT2D eigenvalue weighted by Crippen LogP contribution is -2.04. The molecular formula is C18H18BrNO4S. The highest BCUT2D eigenvalue weighted by molar-refractivity contribution is 9.10. The Morgan fingerprint density at radius 1 is 1.28 bits per heavy atom. The third-order valence-corrected chi connectivity index (χ3v) is 4.83. The molecule has 1 heterocycles. The van der Waals surface area contributed by atoms with E-state index in [0.29, 0.717) is 16.5 Å². The van der Waals surface area contributed by atoms with Crippen LogP contribution in [0, 0.1) is 0 Å². The minimum absolute atomic E-state index is 0.183. The maximum absolute atomic E-state index is 12.0. The molecule has 5 nitrogen and oxygen atoms in total. The van der Waals surface area contributed by atoms with Gasteiger partial charge in [0.05, 0.1) is 18.6 Å². The average molecular weight is 424 g/mol. The topological polar surface area (TPSA) is 65.5 Å².